The van der Waals surface area contributed by atoms with Crippen LogP contribution >= 0.6 is 43.6 Å². The van der Waals surface area contributed by atoms with Gasteiger partial charge in [-0.25, -0.2) is 0 Å². The Morgan fingerprint density at radius 2 is 1.64 bits per heavy atom. The van der Waals surface area contributed by atoms with Crippen molar-refractivity contribution in [1.29, 1.82) is 0 Å². The number of nitrogens with one attached hydrogen (secondary N) is 4. The van der Waals surface area contributed by atoms with Gasteiger partial charge in [0.2, 0.25) is 23.5 Å². The van der Waals surface area contributed by atoms with Crippen molar-refractivity contribution in [2.24, 2.45) is 5.92 Å². The van der Waals surface area contributed by atoms with Crippen LogP contribution in [0.25, 0.3) is 0 Å². The number of morpholine rings is 1. The molecule has 0 spiro atoms. The largest absolute Gasteiger partial charge is 0.507 e. The van der Waals surface area contributed by atoms with Gasteiger partial charge in [-0.05, 0) is 32.3 Å². The van der Waals surface area contributed by atoms with Crippen LogP contribution in [0.4, 0.5) is 0 Å². The average molecular weight is 1150 g/mol. The summed E-state index contributed by atoms with van der Waals surface area (Å²) in [6.45, 7) is 5.59. The molecule has 6 atom stereocenters. The number of aromatic nitrogens is 1. The Bertz CT molecular complexity index is 2390. The van der Waals surface area contributed by atoms with Crippen molar-refractivity contribution in [3.63, 3.8) is 0 Å². The van der Waals surface area contributed by atoms with Crippen molar-refractivity contribution in [1.82, 2.24) is 26.5 Å². The number of fused-ring (bicyclic) bond motifs is 3. The van der Waals surface area contributed by atoms with Crippen molar-refractivity contribution >= 4 is 72.9 Å². The Kier molecular flexibility index (Phi) is 20.9. The maximum atomic E-state index is 14.1. The number of nitrogens with zero attached hydrogens (tertiary/aromatic N) is 1. The van der Waals surface area contributed by atoms with E-state index in [9.17, 15) is 34.2 Å². The van der Waals surface area contributed by atoms with Gasteiger partial charge >= 0.3 is 0 Å². The molecule has 0 saturated carbocycles. The molecule has 3 aromatic rings. The minimum absolute atomic E-state index is 0.00458. The molecule has 2 aliphatic carbocycles. The van der Waals surface area contributed by atoms with Crippen molar-refractivity contribution in [2.45, 2.75) is 86.9 Å². The van der Waals surface area contributed by atoms with E-state index in [-0.39, 0.29) is 89.7 Å². The first-order valence-corrected chi connectivity index (χ1v) is 27.3. The third kappa shape index (κ3) is 14.2. The van der Waals surface area contributed by atoms with E-state index >= 15 is 0 Å². The van der Waals surface area contributed by atoms with Crippen LogP contribution in [0, 0.1) is 5.92 Å². The lowest BCUT2D eigenvalue weighted by molar-refractivity contribution is -0.255. The molecule has 1 aromatic heterocycles. The number of hydrogen-bond acceptors (Lipinski definition) is 18. The first-order chi connectivity index (χ1) is 34.9. The van der Waals surface area contributed by atoms with E-state index in [2.05, 4.69) is 58.3 Å². The lowest BCUT2D eigenvalue weighted by Crippen LogP contribution is -2.49. The highest BCUT2D eigenvalue weighted by atomic mass is 79.9. The zero-order valence-corrected chi connectivity index (χ0v) is 44.1. The molecule has 3 heterocycles. The number of aromatic hydroxyl groups is 2. The maximum absolute atomic E-state index is 14.1. The molecule has 4 aliphatic rings. The average Bonchev–Trinajstić information content (AvgIpc) is 3.39. The van der Waals surface area contributed by atoms with Crippen LogP contribution < -0.4 is 31.0 Å². The van der Waals surface area contributed by atoms with Crippen molar-refractivity contribution < 1.29 is 72.1 Å². The van der Waals surface area contributed by atoms with Crippen molar-refractivity contribution in [2.75, 3.05) is 78.0 Å². The number of hydrogen-bond donors (Lipinski definition) is 6. The summed E-state index contributed by atoms with van der Waals surface area (Å²) in [5.74, 6) is -2.84. The summed E-state index contributed by atoms with van der Waals surface area (Å²) in [5.41, 5.74) is 6.00. The van der Waals surface area contributed by atoms with Crippen LogP contribution in [0.3, 0.4) is 0 Å². The number of halogens is 2. The third-order valence-corrected chi connectivity index (χ3v) is 14.5. The van der Waals surface area contributed by atoms with Gasteiger partial charge < -0.3 is 53.4 Å². The number of phenolic OH excluding ortho intramolecular Hbond substituents is 2. The lowest BCUT2D eigenvalue weighted by Gasteiger charge is -2.40. The number of pyridine rings is 1. The smallest absolute Gasteiger partial charge is 0.241 e. The van der Waals surface area contributed by atoms with Crippen LogP contribution in [0.15, 0.2) is 30.3 Å². The van der Waals surface area contributed by atoms with Gasteiger partial charge in [-0.3, -0.25) is 45.1 Å². The Balaban J connectivity index is 0.853. The highest BCUT2D eigenvalue weighted by Gasteiger charge is 2.45. The van der Waals surface area contributed by atoms with Gasteiger partial charge in [-0.15, -0.1) is 0 Å². The van der Waals surface area contributed by atoms with Crippen LogP contribution in [-0.2, 0) is 59.9 Å². The number of ketones is 2. The fourth-order valence-corrected chi connectivity index (χ4v) is 10.2. The molecule has 2 aromatic carbocycles. The van der Waals surface area contributed by atoms with E-state index in [0.29, 0.717) is 87.7 Å². The second-order valence-electron chi connectivity index (χ2n) is 17.3. The van der Waals surface area contributed by atoms with Gasteiger partial charge in [0.1, 0.15) is 35.8 Å². The number of ether oxygens (including phenoxy) is 8. The van der Waals surface area contributed by atoms with Crippen LogP contribution in [0.5, 0.6) is 23.0 Å². The number of hydrazine groups is 1. The standard InChI is InChI=1S/C49H61Br2N5O15S/c1-27-34(70-39-26-67-13-10-53-39)6-7-40(69-27)71-36-21-28(20-33-42(36)48(62)44-43(46(33)60)45(59)32-4-3-5-35(64-2)41(32)47(44)61)49(63)56-55-38(58)9-18-72-19-11-52-37(57)8-12-65-14-15-66-16-17-68-31-22-29(24-50)54-30(23-31)25-51/h3-5,22-23,27-28,34,36,39-40,53,60,62H,6-21,24-26H2,1-2H3,(H,52,57)(H,55,58)(H,56,63)/t27-,28?,34-,36-,39+,40-/m0/s1. The van der Waals surface area contributed by atoms with Crippen molar-refractivity contribution in [3.05, 3.63) is 75.1 Å². The molecule has 0 bridgehead atoms. The highest BCUT2D eigenvalue weighted by Crippen LogP contribution is 2.51. The van der Waals surface area contributed by atoms with Gasteiger partial charge in [0.05, 0.1) is 93.1 Å². The quantitative estimate of drug-likeness (QED) is 0.0245. The molecule has 23 heteroatoms. The maximum Gasteiger partial charge on any atom is 0.241 e. The molecule has 3 amide bonds. The molecule has 2 fully saturated rings. The minimum Gasteiger partial charge on any atom is -0.507 e. The summed E-state index contributed by atoms with van der Waals surface area (Å²) >= 11 is 8.28. The summed E-state index contributed by atoms with van der Waals surface area (Å²) < 4.78 is 46.8. The molecule has 2 aliphatic heterocycles. The van der Waals surface area contributed by atoms with Crippen molar-refractivity contribution in [3.8, 4) is 23.0 Å². The van der Waals surface area contributed by atoms with E-state index < -0.39 is 59.3 Å². The molecule has 72 heavy (non-hydrogen) atoms. The van der Waals surface area contributed by atoms with E-state index in [1.54, 1.807) is 6.07 Å². The minimum atomic E-state index is -1.10. The lowest BCUT2D eigenvalue weighted by atomic mass is 9.74. The molecular formula is C49H61Br2N5O15S. The molecule has 7 rings (SSSR count). The number of phenols is 2. The number of carbonyl (C=O) groups is 5. The highest BCUT2D eigenvalue weighted by molar-refractivity contribution is 9.08. The summed E-state index contributed by atoms with van der Waals surface area (Å²) in [4.78, 5) is 71.5. The summed E-state index contributed by atoms with van der Waals surface area (Å²) in [6, 6.07) is 8.26. The Morgan fingerprint density at radius 3 is 2.36 bits per heavy atom. The molecule has 1 unspecified atom stereocenters. The normalized spacial score (nSPS) is 21.5. The molecule has 2 saturated heterocycles. The number of benzene rings is 2. The molecule has 392 valence electrons. The zero-order chi connectivity index (χ0) is 51.1. The van der Waals surface area contributed by atoms with Gasteiger partial charge in [-0.1, -0.05) is 44.0 Å². The fourth-order valence-electron chi connectivity index (χ4n) is 8.89. The van der Waals surface area contributed by atoms with Gasteiger partial charge in [0.15, 0.2) is 12.1 Å². The van der Waals surface area contributed by atoms with E-state index in [0.717, 1.165) is 17.1 Å². The molecule has 0 radical (unpaired) electrons. The number of rotatable bonds is 24. The monoisotopic (exact) mass is 1150 g/mol. The Hall–Kier alpha value is -4.43. The third-order valence-electron chi connectivity index (χ3n) is 12.4. The van der Waals surface area contributed by atoms with Gasteiger partial charge in [0.25, 0.3) is 0 Å². The van der Waals surface area contributed by atoms with Crippen LogP contribution in [-0.4, -0.2) is 147 Å². The first-order valence-electron chi connectivity index (χ1n) is 23.9. The van der Waals surface area contributed by atoms with Gasteiger partial charge in [0, 0.05) is 89.3 Å². The Labute approximate surface area is 438 Å². The molecule has 6 N–H and O–H groups in total. The topological polar surface area (TPSA) is 261 Å². The van der Waals surface area contributed by atoms with Gasteiger partial charge in [-0.2, -0.15) is 11.8 Å². The van der Waals surface area contributed by atoms with Crippen LogP contribution in [0.1, 0.15) is 99.5 Å². The van der Waals surface area contributed by atoms with E-state index in [1.165, 1.54) is 31.0 Å². The predicted octanol–water partition coefficient (Wildman–Crippen LogP) is 4.43. The zero-order valence-electron chi connectivity index (χ0n) is 40.1. The number of amides is 3. The number of methoxy groups -OCH3 is 1. The van der Waals surface area contributed by atoms with E-state index in [1.807, 2.05) is 19.1 Å². The second kappa shape index (κ2) is 27.2. The summed E-state index contributed by atoms with van der Waals surface area (Å²) in [7, 11) is 1.36. The second-order valence-corrected chi connectivity index (χ2v) is 19.7. The number of thioether (sulfide) groups is 1. The first kappa shape index (κ1) is 55.3. The summed E-state index contributed by atoms with van der Waals surface area (Å²) in [6.07, 6.45) is -1.94. The van der Waals surface area contributed by atoms with Crippen LogP contribution in [0.2, 0.25) is 0 Å². The summed E-state index contributed by atoms with van der Waals surface area (Å²) in [5, 5.41) is 31.2. The molecular weight excluding hydrogens is 1090 g/mol. The predicted molar refractivity (Wildman–Crippen MR) is 269 cm³/mol. The number of alkyl halides is 2. The fraction of sp³-hybridized carbons (Fsp3) is 0.551. The Morgan fingerprint density at radius 1 is 0.889 bits per heavy atom. The number of carbonyl (C=O) groups excluding carboxylic acids is 5. The molecule has 20 nitrogen and oxygen atoms in total. The SMILES string of the molecule is COc1cccc2c1C(=O)c1c(O)c3c(c(O)c1C2=O)CC(C(=O)NNC(=O)CCSCCNC(=O)CCOCCOCCOc1cc(CBr)nc(CBr)c1)C[C@@H]3O[C@H]1CC[C@H](O[C@@H]2COCCN2)[C@H](C)O1. The van der Waals surface area contributed by atoms with E-state index in [4.69, 9.17) is 37.9 Å².